The molecule has 3 nitrogen and oxygen atoms in total. The van der Waals surface area contributed by atoms with Gasteiger partial charge in [-0.1, -0.05) is 30.3 Å². The number of rotatable bonds is 5. The zero-order valence-corrected chi connectivity index (χ0v) is 10.3. The molecule has 88 valence electrons. The number of hydrogen-bond acceptors (Lipinski definition) is 3. The van der Waals surface area contributed by atoms with E-state index in [0.29, 0.717) is 13.0 Å². The molecule has 1 aromatic carbocycles. The smallest absolute Gasteiger partial charge is 0.0839 e. The molecule has 0 bridgehead atoms. The molecule has 0 fully saturated rings. The molecule has 2 atom stereocenters. The fraction of sp³-hybridized carbons (Fsp3) is 0.429. The summed E-state index contributed by atoms with van der Waals surface area (Å²) in [6, 6.07) is 14.4. The maximum absolute atomic E-state index is 9.20. The van der Waals surface area contributed by atoms with Crippen LogP contribution < -0.4 is 0 Å². The van der Waals surface area contributed by atoms with E-state index in [-0.39, 0.29) is 12.0 Å². The highest BCUT2D eigenvalue weighted by Gasteiger charge is 2.16. The normalized spacial score (nSPS) is 13.7. The molecule has 0 radical (unpaired) electrons. The Labute approximate surface area is 103 Å². The predicted octanol–water partition coefficient (Wildman–Crippen LogP) is 2.53. The van der Waals surface area contributed by atoms with Gasteiger partial charge in [0.25, 0.3) is 0 Å². The number of benzene rings is 1. The Kier molecular flexibility index (Phi) is 5.20. The first kappa shape index (κ1) is 13.2. The summed E-state index contributed by atoms with van der Waals surface area (Å²) in [5.74, 6) is -0.137. The minimum atomic E-state index is -0.137. The lowest BCUT2D eigenvalue weighted by molar-refractivity contribution is 0.256. The maximum atomic E-state index is 9.20. The van der Waals surface area contributed by atoms with E-state index in [1.165, 1.54) is 0 Å². The largest absolute Gasteiger partial charge is 0.301 e. The quantitative estimate of drug-likeness (QED) is 0.776. The molecule has 17 heavy (non-hydrogen) atoms. The molecule has 0 spiro atoms. The van der Waals surface area contributed by atoms with Crippen molar-refractivity contribution in [2.24, 2.45) is 0 Å². The molecule has 0 aliphatic heterocycles. The molecule has 0 saturated carbocycles. The average molecular weight is 227 g/mol. The fourth-order valence-electron chi connectivity index (χ4n) is 1.66. The minimum Gasteiger partial charge on any atom is -0.301 e. The lowest BCUT2D eigenvalue weighted by Gasteiger charge is -2.24. The summed E-state index contributed by atoms with van der Waals surface area (Å²) in [4.78, 5) is 2.06. The van der Waals surface area contributed by atoms with Gasteiger partial charge in [0, 0.05) is 12.6 Å². The molecular formula is C14H17N3. The molecule has 0 aliphatic rings. The van der Waals surface area contributed by atoms with Gasteiger partial charge in [0.15, 0.2) is 0 Å². The van der Waals surface area contributed by atoms with Crippen LogP contribution in [0.5, 0.6) is 0 Å². The Balaban J connectivity index is 2.66. The van der Waals surface area contributed by atoms with E-state index in [1.54, 1.807) is 0 Å². The van der Waals surface area contributed by atoms with Crippen molar-refractivity contribution >= 4 is 0 Å². The first-order valence-electron chi connectivity index (χ1n) is 5.70. The van der Waals surface area contributed by atoms with E-state index in [0.717, 1.165) is 5.56 Å². The molecule has 0 amide bonds. The zero-order chi connectivity index (χ0) is 12.7. The second-order valence-corrected chi connectivity index (χ2v) is 4.24. The van der Waals surface area contributed by atoms with Crippen molar-refractivity contribution < 1.29 is 0 Å². The molecule has 0 aromatic heterocycles. The summed E-state index contributed by atoms with van der Waals surface area (Å²) in [6.45, 7) is 2.66. The van der Waals surface area contributed by atoms with Crippen LogP contribution in [0, 0.1) is 22.7 Å². The van der Waals surface area contributed by atoms with E-state index < -0.39 is 0 Å². The Morgan fingerprint density at radius 1 is 1.24 bits per heavy atom. The van der Waals surface area contributed by atoms with Gasteiger partial charge >= 0.3 is 0 Å². The monoisotopic (exact) mass is 227 g/mol. The fourth-order valence-corrected chi connectivity index (χ4v) is 1.66. The molecular weight excluding hydrogens is 210 g/mol. The van der Waals surface area contributed by atoms with Crippen molar-refractivity contribution in [2.45, 2.75) is 25.3 Å². The SMILES string of the molecule is CC(CC#N)N(C)CC(C#N)c1ccccc1. The van der Waals surface area contributed by atoms with Crippen LogP contribution in [0.3, 0.4) is 0 Å². The van der Waals surface area contributed by atoms with Crippen molar-refractivity contribution in [3.63, 3.8) is 0 Å². The van der Waals surface area contributed by atoms with Crippen LogP contribution in [0.2, 0.25) is 0 Å². The van der Waals surface area contributed by atoms with Crippen LogP contribution in [0.4, 0.5) is 0 Å². The summed E-state index contributed by atoms with van der Waals surface area (Å²) < 4.78 is 0. The Bertz CT molecular complexity index is 413. The van der Waals surface area contributed by atoms with Crippen molar-refractivity contribution in [3.05, 3.63) is 35.9 Å². The number of nitriles is 2. The molecule has 0 heterocycles. The lowest BCUT2D eigenvalue weighted by atomic mass is 9.99. The van der Waals surface area contributed by atoms with Gasteiger partial charge in [0.05, 0.1) is 24.5 Å². The number of likely N-dealkylation sites (N-methyl/N-ethyl adjacent to an activating group) is 1. The maximum Gasteiger partial charge on any atom is 0.0839 e. The van der Waals surface area contributed by atoms with Gasteiger partial charge in [0.1, 0.15) is 0 Å². The summed E-state index contributed by atoms with van der Waals surface area (Å²) in [6.07, 6.45) is 0.490. The molecule has 0 aliphatic carbocycles. The Morgan fingerprint density at radius 3 is 2.41 bits per heavy atom. The van der Waals surface area contributed by atoms with Crippen molar-refractivity contribution in [3.8, 4) is 12.1 Å². The standard InChI is InChI=1S/C14H17N3/c1-12(8-9-15)17(2)11-14(10-16)13-6-4-3-5-7-13/h3-7,12,14H,8,11H2,1-2H3. The molecule has 0 saturated heterocycles. The third kappa shape index (κ3) is 3.90. The minimum absolute atomic E-state index is 0.137. The molecule has 1 aromatic rings. The highest BCUT2D eigenvalue weighted by atomic mass is 15.1. The second-order valence-electron chi connectivity index (χ2n) is 4.24. The molecule has 3 heteroatoms. The highest BCUT2D eigenvalue weighted by molar-refractivity contribution is 5.25. The highest BCUT2D eigenvalue weighted by Crippen LogP contribution is 2.16. The zero-order valence-electron chi connectivity index (χ0n) is 10.3. The van der Waals surface area contributed by atoms with Gasteiger partial charge in [-0.15, -0.1) is 0 Å². The summed E-state index contributed by atoms with van der Waals surface area (Å²) in [5.41, 5.74) is 1.03. The Hall–Kier alpha value is -1.84. The first-order chi connectivity index (χ1) is 8.19. The second kappa shape index (κ2) is 6.68. The van der Waals surface area contributed by atoms with Crippen LogP contribution in [0.15, 0.2) is 30.3 Å². The predicted molar refractivity (Wildman–Crippen MR) is 67.1 cm³/mol. The first-order valence-corrected chi connectivity index (χ1v) is 5.70. The molecule has 0 N–H and O–H groups in total. The summed E-state index contributed by atoms with van der Waals surface area (Å²) in [5, 5.41) is 17.9. The lowest BCUT2D eigenvalue weighted by Crippen LogP contribution is -2.32. The van der Waals surface area contributed by atoms with Crippen LogP contribution in [-0.2, 0) is 0 Å². The van der Waals surface area contributed by atoms with Crippen LogP contribution in [-0.4, -0.2) is 24.5 Å². The van der Waals surface area contributed by atoms with Gasteiger partial charge in [-0.2, -0.15) is 10.5 Å². The summed E-state index contributed by atoms with van der Waals surface area (Å²) >= 11 is 0. The van der Waals surface area contributed by atoms with E-state index in [9.17, 15) is 5.26 Å². The van der Waals surface area contributed by atoms with E-state index in [1.807, 2.05) is 44.3 Å². The average Bonchev–Trinajstić information content (AvgIpc) is 2.37. The van der Waals surface area contributed by atoms with Gasteiger partial charge in [0.2, 0.25) is 0 Å². The Morgan fingerprint density at radius 2 is 1.88 bits per heavy atom. The molecule has 2 unspecified atom stereocenters. The topological polar surface area (TPSA) is 50.8 Å². The third-order valence-corrected chi connectivity index (χ3v) is 2.97. The van der Waals surface area contributed by atoms with Crippen molar-refractivity contribution in [1.82, 2.24) is 4.90 Å². The van der Waals surface area contributed by atoms with Gasteiger partial charge in [-0.25, -0.2) is 0 Å². The van der Waals surface area contributed by atoms with Crippen molar-refractivity contribution in [1.29, 1.82) is 10.5 Å². The summed E-state index contributed by atoms with van der Waals surface area (Å²) in [7, 11) is 1.95. The van der Waals surface area contributed by atoms with Crippen LogP contribution in [0.1, 0.15) is 24.8 Å². The van der Waals surface area contributed by atoms with Gasteiger partial charge in [-0.05, 0) is 19.5 Å². The van der Waals surface area contributed by atoms with Gasteiger partial charge in [-0.3, -0.25) is 0 Å². The number of nitrogens with zero attached hydrogens (tertiary/aromatic N) is 3. The van der Waals surface area contributed by atoms with Crippen molar-refractivity contribution in [2.75, 3.05) is 13.6 Å². The third-order valence-electron chi connectivity index (χ3n) is 2.97. The van der Waals surface area contributed by atoms with Crippen LogP contribution in [0.25, 0.3) is 0 Å². The van der Waals surface area contributed by atoms with Crippen LogP contribution >= 0.6 is 0 Å². The number of hydrogen-bond donors (Lipinski definition) is 0. The molecule has 1 rings (SSSR count). The van der Waals surface area contributed by atoms with E-state index >= 15 is 0 Å². The van der Waals surface area contributed by atoms with Gasteiger partial charge < -0.3 is 4.90 Å². The van der Waals surface area contributed by atoms with E-state index in [2.05, 4.69) is 17.0 Å². The van der Waals surface area contributed by atoms with E-state index in [4.69, 9.17) is 5.26 Å².